The minimum Gasteiger partial charge on any atom is -0.478 e. The number of nitrogens with zero attached hydrogens (tertiary/aromatic N) is 1. The van der Waals surface area contributed by atoms with Crippen LogP contribution in [-0.4, -0.2) is 42.8 Å². The number of likely N-dealkylation sites (N-methyl/N-ethyl adjacent to an activating group) is 1. The molecule has 1 aliphatic carbocycles. The van der Waals surface area contributed by atoms with Crippen LogP contribution in [0.4, 0.5) is 10.5 Å². The van der Waals surface area contributed by atoms with Gasteiger partial charge in [0.2, 0.25) is 5.91 Å². The Hall–Kier alpha value is -4.13. The average molecular weight is 444 g/mol. The number of carboxylic acid groups (broad SMARTS) is 1. The molecule has 0 fully saturated rings. The lowest BCUT2D eigenvalue weighted by Crippen LogP contribution is -2.46. The molecule has 1 aliphatic rings. The SMILES string of the molecule is CC(NC(=O)OCC1c2ccccc2-c2ccccc21)C(=O)N(C)c1ccc(C(=O)O)cc1. The minimum atomic E-state index is -1.04. The molecule has 2 amide bonds. The van der Waals surface area contributed by atoms with Gasteiger partial charge in [-0.2, -0.15) is 0 Å². The number of anilines is 1. The fraction of sp³-hybridized carbons (Fsp3) is 0.192. The Morgan fingerprint density at radius 3 is 2.03 bits per heavy atom. The predicted molar refractivity (Wildman–Crippen MR) is 124 cm³/mol. The topological polar surface area (TPSA) is 95.9 Å². The van der Waals surface area contributed by atoms with E-state index in [9.17, 15) is 14.4 Å². The van der Waals surface area contributed by atoms with Crippen LogP contribution >= 0.6 is 0 Å². The van der Waals surface area contributed by atoms with Gasteiger partial charge in [-0.3, -0.25) is 4.79 Å². The maximum atomic E-state index is 12.7. The Labute approximate surface area is 191 Å². The van der Waals surface area contributed by atoms with E-state index in [-0.39, 0.29) is 24.0 Å². The van der Waals surface area contributed by atoms with Gasteiger partial charge in [0, 0.05) is 18.7 Å². The second-order valence-electron chi connectivity index (χ2n) is 7.94. The Kier molecular flexibility index (Phi) is 6.13. The number of amides is 2. The molecule has 7 heteroatoms. The normalized spacial score (nSPS) is 12.9. The Morgan fingerprint density at radius 2 is 1.48 bits per heavy atom. The van der Waals surface area contributed by atoms with Crippen molar-refractivity contribution in [3.63, 3.8) is 0 Å². The summed E-state index contributed by atoms with van der Waals surface area (Å²) in [5.41, 5.74) is 5.15. The van der Waals surface area contributed by atoms with E-state index in [1.54, 1.807) is 26.1 Å². The van der Waals surface area contributed by atoms with Crippen molar-refractivity contribution in [3.8, 4) is 11.1 Å². The van der Waals surface area contributed by atoms with Crippen molar-refractivity contribution < 1.29 is 24.2 Å². The first-order valence-corrected chi connectivity index (χ1v) is 10.6. The molecule has 33 heavy (non-hydrogen) atoms. The number of nitrogens with one attached hydrogen (secondary N) is 1. The summed E-state index contributed by atoms with van der Waals surface area (Å²) in [4.78, 5) is 37.5. The number of alkyl carbamates (subject to hydrolysis) is 1. The van der Waals surface area contributed by atoms with E-state index >= 15 is 0 Å². The zero-order valence-electron chi connectivity index (χ0n) is 18.3. The third-order valence-electron chi connectivity index (χ3n) is 5.88. The highest BCUT2D eigenvalue weighted by molar-refractivity contribution is 5.98. The van der Waals surface area contributed by atoms with Gasteiger partial charge in [0.25, 0.3) is 0 Å². The lowest BCUT2D eigenvalue weighted by atomic mass is 9.98. The molecule has 0 spiro atoms. The summed E-state index contributed by atoms with van der Waals surface area (Å²) in [6, 6.07) is 21.2. The number of ether oxygens (including phenoxy) is 1. The number of carbonyl (C=O) groups is 3. The van der Waals surface area contributed by atoms with Crippen molar-refractivity contribution in [2.75, 3.05) is 18.6 Å². The van der Waals surface area contributed by atoms with E-state index in [0.29, 0.717) is 5.69 Å². The average Bonchev–Trinajstić information content (AvgIpc) is 3.15. The van der Waals surface area contributed by atoms with E-state index in [0.717, 1.165) is 22.3 Å². The van der Waals surface area contributed by atoms with Crippen LogP contribution in [0.25, 0.3) is 11.1 Å². The molecule has 168 valence electrons. The second-order valence-corrected chi connectivity index (χ2v) is 7.94. The highest BCUT2D eigenvalue weighted by Crippen LogP contribution is 2.44. The Morgan fingerprint density at radius 1 is 0.939 bits per heavy atom. The summed E-state index contributed by atoms with van der Waals surface area (Å²) in [5, 5.41) is 11.6. The van der Waals surface area contributed by atoms with E-state index < -0.39 is 18.1 Å². The molecule has 2 N–H and O–H groups in total. The molecule has 0 saturated carbocycles. The molecule has 1 atom stereocenters. The first-order chi connectivity index (χ1) is 15.9. The van der Waals surface area contributed by atoms with Gasteiger partial charge in [-0.1, -0.05) is 48.5 Å². The van der Waals surface area contributed by atoms with Crippen molar-refractivity contribution in [3.05, 3.63) is 89.5 Å². The van der Waals surface area contributed by atoms with Gasteiger partial charge in [0.1, 0.15) is 12.6 Å². The number of hydrogen-bond donors (Lipinski definition) is 2. The number of fused-ring (bicyclic) bond motifs is 3. The fourth-order valence-corrected chi connectivity index (χ4v) is 4.12. The Bertz CT molecular complexity index is 1160. The maximum Gasteiger partial charge on any atom is 0.407 e. The van der Waals surface area contributed by atoms with E-state index in [1.807, 2.05) is 36.4 Å². The molecule has 0 radical (unpaired) electrons. The van der Waals surface area contributed by atoms with Crippen LogP contribution in [0.5, 0.6) is 0 Å². The number of carboxylic acids is 1. The smallest absolute Gasteiger partial charge is 0.407 e. The molecule has 0 aliphatic heterocycles. The van der Waals surface area contributed by atoms with Crippen molar-refractivity contribution in [2.24, 2.45) is 0 Å². The summed E-state index contributed by atoms with van der Waals surface area (Å²) in [7, 11) is 1.56. The second kappa shape index (κ2) is 9.16. The molecule has 1 unspecified atom stereocenters. The molecule has 0 saturated heterocycles. The highest BCUT2D eigenvalue weighted by atomic mass is 16.5. The van der Waals surface area contributed by atoms with Crippen LogP contribution in [0.2, 0.25) is 0 Å². The molecular weight excluding hydrogens is 420 g/mol. The highest BCUT2D eigenvalue weighted by Gasteiger charge is 2.29. The molecule has 3 aromatic carbocycles. The van der Waals surface area contributed by atoms with Gasteiger partial charge in [0.05, 0.1) is 5.56 Å². The van der Waals surface area contributed by atoms with Gasteiger partial charge >= 0.3 is 12.1 Å². The van der Waals surface area contributed by atoms with Crippen LogP contribution in [0, 0.1) is 0 Å². The molecule has 0 heterocycles. The Balaban J connectivity index is 1.37. The quantitative estimate of drug-likeness (QED) is 0.592. The van der Waals surface area contributed by atoms with E-state index in [1.165, 1.54) is 17.0 Å². The molecule has 3 aromatic rings. The maximum absolute atomic E-state index is 12.7. The summed E-state index contributed by atoms with van der Waals surface area (Å²) in [6.07, 6.45) is -0.674. The standard InChI is InChI=1S/C26H24N2O5/c1-16(24(29)28(2)18-13-11-17(12-14-18)25(30)31)27-26(32)33-15-23-21-9-5-3-7-19(21)20-8-4-6-10-22(20)23/h3-14,16,23H,15H2,1-2H3,(H,27,32)(H,30,31). The number of benzene rings is 3. The molecule has 7 nitrogen and oxygen atoms in total. The first kappa shape index (κ1) is 22.1. The first-order valence-electron chi connectivity index (χ1n) is 10.6. The summed E-state index contributed by atoms with van der Waals surface area (Å²) in [5.74, 6) is -1.46. The van der Waals surface area contributed by atoms with Crippen LogP contribution in [-0.2, 0) is 9.53 Å². The number of hydrogen-bond acceptors (Lipinski definition) is 4. The van der Waals surface area contributed by atoms with Gasteiger partial charge in [-0.15, -0.1) is 0 Å². The number of rotatable bonds is 6. The fourth-order valence-electron chi connectivity index (χ4n) is 4.12. The van der Waals surface area contributed by atoms with Gasteiger partial charge < -0.3 is 20.1 Å². The van der Waals surface area contributed by atoms with Gasteiger partial charge in [0.15, 0.2) is 0 Å². The van der Waals surface area contributed by atoms with Crippen molar-refractivity contribution in [1.29, 1.82) is 0 Å². The zero-order valence-corrected chi connectivity index (χ0v) is 18.3. The zero-order chi connectivity index (χ0) is 23.5. The van der Waals surface area contributed by atoms with E-state index in [2.05, 4.69) is 17.4 Å². The van der Waals surface area contributed by atoms with Gasteiger partial charge in [-0.25, -0.2) is 9.59 Å². The molecular formula is C26H24N2O5. The lowest BCUT2D eigenvalue weighted by Gasteiger charge is -2.22. The summed E-state index contributed by atoms with van der Waals surface area (Å²) in [6.45, 7) is 1.74. The molecule has 0 aromatic heterocycles. The van der Waals surface area contributed by atoms with Crippen LogP contribution in [0.1, 0.15) is 34.3 Å². The number of aromatic carboxylic acids is 1. The monoisotopic (exact) mass is 444 g/mol. The van der Waals surface area contributed by atoms with Crippen LogP contribution in [0.3, 0.4) is 0 Å². The van der Waals surface area contributed by atoms with Gasteiger partial charge in [-0.05, 0) is 53.4 Å². The van der Waals surface area contributed by atoms with Crippen molar-refractivity contribution in [1.82, 2.24) is 5.32 Å². The minimum absolute atomic E-state index is 0.0652. The summed E-state index contributed by atoms with van der Waals surface area (Å²) >= 11 is 0. The third-order valence-corrected chi connectivity index (χ3v) is 5.88. The lowest BCUT2D eigenvalue weighted by molar-refractivity contribution is -0.119. The number of carbonyl (C=O) groups excluding carboxylic acids is 2. The van der Waals surface area contributed by atoms with E-state index in [4.69, 9.17) is 9.84 Å². The van der Waals surface area contributed by atoms with Crippen LogP contribution in [0.15, 0.2) is 72.8 Å². The van der Waals surface area contributed by atoms with Crippen molar-refractivity contribution >= 4 is 23.7 Å². The largest absolute Gasteiger partial charge is 0.478 e. The van der Waals surface area contributed by atoms with Crippen LogP contribution < -0.4 is 10.2 Å². The predicted octanol–water partition coefficient (Wildman–Crippen LogP) is 4.27. The third kappa shape index (κ3) is 4.43. The molecule has 4 rings (SSSR count). The molecule has 0 bridgehead atoms. The summed E-state index contributed by atoms with van der Waals surface area (Å²) < 4.78 is 5.50. The van der Waals surface area contributed by atoms with Crippen molar-refractivity contribution in [2.45, 2.75) is 18.9 Å².